The fourth-order valence-corrected chi connectivity index (χ4v) is 5.37. The predicted molar refractivity (Wildman–Crippen MR) is 128 cm³/mol. The van der Waals surface area contributed by atoms with Crippen LogP contribution in [0.15, 0.2) is 59.5 Å². The molecule has 5 rings (SSSR count). The molecule has 1 fully saturated rings. The van der Waals surface area contributed by atoms with Crippen LogP contribution in [0.3, 0.4) is 0 Å². The van der Waals surface area contributed by atoms with Crippen LogP contribution in [-0.2, 0) is 9.53 Å². The van der Waals surface area contributed by atoms with Crippen molar-refractivity contribution < 1.29 is 27.8 Å². The lowest BCUT2D eigenvalue weighted by Gasteiger charge is -2.42. The van der Waals surface area contributed by atoms with Crippen LogP contribution in [0, 0.1) is 11.6 Å². The van der Waals surface area contributed by atoms with E-state index in [-0.39, 0.29) is 24.3 Å². The summed E-state index contributed by atoms with van der Waals surface area (Å²) in [4.78, 5) is 40.4. The van der Waals surface area contributed by atoms with E-state index in [0.717, 1.165) is 12.3 Å². The van der Waals surface area contributed by atoms with Crippen molar-refractivity contribution in [1.82, 2.24) is 14.7 Å². The van der Waals surface area contributed by atoms with Gasteiger partial charge in [0.05, 0.1) is 31.3 Å². The third-order valence-corrected chi connectivity index (χ3v) is 6.95. The Morgan fingerprint density at radius 1 is 1.14 bits per heavy atom. The molecule has 2 aliphatic heterocycles. The minimum absolute atomic E-state index is 0.0765. The van der Waals surface area contributed by atoms with Gasteiger partial charge in [0.25, 0.3) is 5.91 Å². The second-order valence-electron chi connectivity index (χ2n) is 9.08. The van der Waals surface area contributed by atoms with Crippen LogP contribution in [-0.4, -0.2) is 52.9 Å². The molecule has 10 heteroatoms. The van der Waals surface area contributed by atoms with Gasteiger partial charge in [-0.3, -0.25) is 14.4 Å². The molecule has 1 saturated heterocycles. The van der Waals surface area contributed by atoms with Crippen molar-refractivity contribution in [2.75, 3.05) is 20.3 Å². The molecule has 0 aliphatic carbocycles. The Hall–Kier alpha value is -3.92. The number of amides is 1. The molecule has 2 aromatic carbocycles. The highest BCUT2D eigenvalue weighted by molar-refractivity contribution is 5.97. The fourth-order valence-electron chi connectivity index (χ4n) is 5.37. The lowest BCUT2D eigenvalue weighted by molar-refractivity contribution is -0.135. The Labute approximate surface area is 211 Å². The predicted octanol–water partition coefficient (Wildman–Crippen LogP) is 3.45. The maximum absolute atomic E-state index is 15.3. The third-order valence-electron chi connectivity index (χ3n) is 6.95. The van der Waals surface area contributed by atoms with Gasteiger partial charge in [0.15, 0.2) is 17.3 Å². The average Bonchev–Trinajstić information content (AvgIpc) is 3.39. The van der Waals surface area contributed by atoms with E-state index in [1.165, 1.54) is 23.9 Å². The van der Waals surface area contributed by atoms with Gasteiger partial charge in [-0.15, -0.1) is 0 Å². The van der Waals surface area contributed by atoms with Crippen LogP contribution < -0.4 is 10.2 Å². The summed E-state index contributed by atoms with van der Waals surface area (Å²) in [5.41, 5.74) is -0.125. The number of halogens is 2. The van der Waals surface area contributed by atoms with Crippen molar-refractivity contribution in [3.63, 3.8) is 0 Å². The number of aromatic nitrogens is 2. The van der Waals surface area contributed by atoms with Crippen LogP contribution in [0.2, 0.25) is 0 Å². The third kappa shape index (κ3) is 4.42. The Balaban J connectivity index is 1.73. The van der Waals surface area contributed by atoms with E-state index in [9.17, 15) is 18.8 Å². The summed E-state index contributed by atoms with van der Waals surface area (Å²) in [6.45, 7) is 0.487. The highest BCUT2D eigenvalue weighted by Gasteiger charge is 2.49. The van der Waals surface area contributed by atoms with Crippen LogP contribution >= 0.6 is 0 Å². The van der Waals surface area contributed by atoms with Crippen molar-refractivity contribution in [1.29, 1.82) is 0 Å². The molecular weight excluding hydrogens is 484 g/mol. The average molecular weight is 510 g/mol. The number of esters is 1. The van der Waals surface area contributed by atoms with E-state index in [0.29, 0.717) is 24.9 Å². The lowest BCUT2D eigenvalue weighted by Crippen LogP contribution is -2.51. The monoisotopic (exact) mass is 509 g/mol. The molecular formula is C27H25F2N3O5. The first-order chi connectivity index (χ1) is 17.9. The Morgan fingerprint density at radius 2 is 1.92 bits per heavy atom. The van der Waals surface area contributed by atoms with Gasteiger partial charge in [-0.25, -0.2) is 13.5 Å². The van der Waals surface area contributed by atoms with Crippen LogP contribution in [0.1, 0.15) is 52.8 Å². The molecule has 1 amide bonds. The molecule has 1 aromatic heterocycles. The van der Waals surface area contributed by atoms with E-state index in [1.54, 1.807) is 29.2 Å². The molecule has 3 aromatic rings. The second-order valence-corrected chi connectivity index (χ2v) is 9.08. The fraction of sp³-hybridized carbons (Fsp3) is 0.333. The van der Waals surface area contributed by atoms with Crippen LogP contribution in [0.4, 0.5) is 8.78 Å². The zero-order valence-corrected chi connectivity index (χ0v) is 20.1. The summed E-state index contributed by atoms with van der Waals surface area (Å²) in [6, 6.07) is 11.9. The highest BCUT2D eigenvalue weighted by Crippen LogP contribution is 2.46. The first-order valence-corrected chi connectivity index (χ1v) is 12.0. The minimum Gasteiger partial charge on any atom is -0.420 e. The molecule has 0 bridgehead atoms. The van der Waals surface area contributed by atoms with Gasteiger partial charge < -0.3 is 14.4 Å². The SMILES string of the molecule is COCCC(=O)Oc1c2n(ncc1=O)[C@@H]([C@H](c1ccccc1)c1cccc(F)c1F)[C@H]1CCCN1C2=O. The summed E-state index contributed by atoms with van der Waals surface area (Å²) in [7, 11) is 1.42. The van der Waals surface area contributed by atoms with E-state index in [2.05, 4.69) is 5.10 Å². The summed E-state index contributed by atoms with van der Waals surface area (Å²) in [6.07, 6.45) is 2.15. The van der Waals surface area contributed by atoms with Gasteiger partial charge in [0, 0.05) is 25.1 Å². The number of ether oxygens (including phenoxy) is 2. The van der Waals surface area contributed by atoms with Gasteiger partial charge in [-0.2, -0.15) is 5.10 Å². The quantitative estimate of drug-likeness (QED) is 0.453. The van der Waals surface area contributed by atoms with Gasteiger partial charge in [-0.05, 0) is 24.5 Å². The second kappa shape index (κ2) is 10.2. The molecule has 192 valence electrons. The molecule has 2 aliphatic rings. The number of rotatable bonds is 7. The zero-order chi connectivity index (χ0) is 26.1. The number of carbonyl (C=O) groups excluding carboxylic acids is 2. The maximum atomic E-state index is 15.3. The molecule has 37 heavy (non-hydrogen) atoms. The van der Waals surface area contributed by atoms with Crippen molar-refractivity contribution in [3.8, 4) is 5.75 Å². The molecule has 0 N–H and O–H groups in total. The number of carbonyl (C=O) groups is 2. The summed E-state index contributed by atoms with van der Waals surface area (Å²) < 4.78 is 41.4. The minimum atomic E-state index is -0.994. The smallest absolute Gasteiger partial charge is 0.313 e. The number of methoxy groups -OCH3 is 1. The van der Waals surface area contributed by atoms with Gasteiger partial charge in [0.1, 0.15) is 0 Å². The normalized spacial score (nSPS) is 19.3. The molecule has 3 heterocycles. The molecule has 0 saturated carbocycles. The number of fused-ring (bicyclic) bond motifs is 2. The standard InChI is InChI=1S/C27H25F2N3O5/c1-36-14-12-21(34)37-26-20(33)15-30-32-24(19-11-6-13-31(19)27(35)25(26)32)22(16-7-3-2-4-8-16)17-9-5-10-18(28)23(17)29/h2-5,7-10,15,19,22,24H,6,11-14H2,1H3/t19-,22-,24-/m1/s1. The van der Waals surface area contributed by atoms with Gasteiger partial charge >= 0.3 is 5.97 Å². The van der Waals surface area contributed by atoms with Crippen molar-refractivity contribution in [2.45, 2.75) is 37.3 Å². The maximum Gasteiger partial charge on any atom is 0.313 e. The Bertz CT molecular complexity index is 1390. The zero-order valence-electron chi connectivity index (χ0n) is 20.1. The van der Waals surface area contributed by atoms with Crippen molar-refractivity contribution in [3.05, 3.63) is 93.4 Å². The van der Waals surface area contributed by atoms with E-state index < -0.39 is 52.7 Å². The molecule has 3 atom stereocenters. The Morgan fingerprint density at radius 3 is 2.68 bits per heavy atom. The van der Waals surface area contributed by atoms with Crippen molar-refractivity contribution >= 4 is 11.9 Å². The number of hydrogen-bond donors (Lipinski definition) is 0. The van der Waals surface area contributed by atoms with Crippen LogP contribution in [0.5, 0.6) is 5.75 Å². The summed E-state index contributed by atoms with van der Waals surface area (Å²) in [5, 5.41) is 4.29. The van der Waals surface area contributed by atoms with E-state index in [4.69, 9.17) is 9.47 Å². The number of benzene rings is 2. The summed E-state index contributed by atoms with van der Waals surface area (Å²) >= 11 is 0. The highest BCUT2D eigenvalue weighted by atomic mass is 19.2. The van der Waals surface area contributed by atoms with Gasteiger partial charge in [0.2, 0.25) is 11.2 Å². The summed E-state index contributed by atoms with van der Waals surface area (Å²) in [5.74, 6) is -4.41. The first-order valence-electron chi connectivity index (χ1n) is 12.0. The molecule has 0 spiro atoms. The largest absolute Gasteiger partial charge is 0.420 e. The first kappa shape index (κ1) is 24.8. The van der Waals surface area contributed by atoms with Crippen LogP contribution in [0.25, 0.3) is 0 Å². The van der Waals surface area contributed by atoms with Crippen molar-refractivity contribution in [2.24, 2.45) is 0 Å². The molecule has 8 nitrogen and oxygen atoms in total. The lowest BCUT2D eigenvalue weighted by atomic mass is 9.79. The topological polar surface area (TPSA) is 90.7 Å². The number of nitrogens with zero attached hydrogens (tertiary/aromatic N) is 3. The molecule has 0 unspecified atom stereocenters. The van der Waals surface area contributed by atoms with E-state index >= 15 is 4.39 Å². The molecule has 0 radical (unpaired) electrons. The Kier molecular flexibility index (Phi) is 6.84. The van der Waals surface area contributed by atoms with E-state index in [1.807, 2.05) is 6.07 Å². The number of hydrogen-bond acceptors (Lipinski definition) is 6. The van der Waals surface area contributed by atoms with Gasteiger partial charge in [-0.1, -0.05) is 42.5 Å².